The van der Waals surface area contributed by atoms with Gasteiger partial charge in [-0.1, -0.05) is 0 Å². The van der Waals surface area contributed by atoms with E-state index < -0.39 is 0 Å². The molecule has 1 fully saturated rings. The number of aromatic nitrogens is 1. The number of nitrogen functional groups attached to an aromatic ring is 1. The maximum atomic E-state index is 9.55. The molecule has 0 unspecified atom stereocenters. The minimum absolute atomic E-state index is 0.122. The Hall–Kier alpha value is -1.81. The van der Waals surface area contributed by atoms with Crippen molar-refractivity contribution >= 4 is 22.1 Å². The van der Waals surface area contributed by atoms with Gasteiger partial charge >= 0.3 is 0 Å². The molecule has 0 spiro atoms. The van der Waals surface area contributed by atoms with Gasteiger partial charge in [-0.3, -0.25) is 4.98 Å². The zero-order chi connectivity index (χ0) is 13.2. The molecule has 4 nitrogen and oxygen atoms in total. The van der Waals surface area contributed by atoms with Gasteiger partial charge in [-0.05, 0) is 43.9 Å². The highest BCUT2D eigenvalue weighted by Crippen LogP contribution is 2.30. The molecule has 1 aromatic carbocycles. The molecule has 0 radical (unpaired) electrons. The maximum Gasteiger partial charge on any atom is 0.0541 e. The zero-order valence-corrected chi connectivity index (χ0v) is 10.8. The smallest absolute Gasteiger partial charge is 0.0541 e. The number of nitrogens with zero attached hydrogens (tertiary/aromatic N) is 1. The second-order valence-corrected chi connectivity index (χ2v) is 5.27. The molecule has 0 bridgehead atoms. The van der Waals surface area contributed by atoms with Gasteiger partial charge in [0.15, 0.2) is 0 Å². The standard InChI is InChI=1S/C15H19N3O/c16-14-5-6-15(13-9-17-8-7-12(13)14)18-10-1-3-11(19)4-2-10/h5-11,18-19H,1-4,16H2. The van der Waals surface area contributed by atoms with E-state index in [0.717, 1.165) is 47.8 Å². The number of aliphatic hydroxyl groups is 1. The number of rotatable bonds is 2. The Balaban J connectivity index is 1.87. The number of aliphatic hydroxyl groups excluding tert-OH is 1. The minimum Gasteiger partial charge on any atom is -0.398 e. The van der Waals surface area contributed by atoms with Crippen molar-refractivity contribution in [2.75, 3.05) is 11.1 Å². The van der Waals surface area contributed by atoms with Gasteiger partial charge in [-0.25, -0.2) is 0 Å². The first-order valence-corrected chi connectivity index (χ1v) is 6.81. The van der Waals surface area contributed by atoms with Crippen molar-refractivity contribution in [3.8, 4) is 0 Å². The molecule has 100 valence electrons. The van der Waals surface area contributed by atoms with Gasteiger partial charge < -0.3 is 16.2 Å². The highest BCUT2D eigenvalue weighted by Gasteiger charge is 2.19. The Morgan fingerprint density at radius 3 is 2.68 bits per heavy atom. The fourth-order valence-corrected chi connectivity index (χ4v) is 2.78. The summed E-state index contributed by atoms with van der Waals surface area (Å²) in [5.74, 6) is 0. The number of nitrogens with two attached hydrogens (primary N) is 1. The van der Waals surface area contributed by atoms with Gasteiger partial charge in [0.25, 0.3) is 0 Å². The lowest BCUT2D eigenvalue weighted by molar-refractivity contribution is 0.126. The second kappa shape index (κ2) is 5.05. The largest absolute Gasteiger partial charge is 0.398 e. The lowest BCUT2D eigenvalue weighted by Gasteiger charge is -2.27. The second-order valence-electron chi connectivity index (χ2n) is 5.27. The molecular weight excluding hydrogens is 238 g/mol. The molecule has 3 rings (SSSR count). The Labute approximate surface area is 112 Å². The third-order valence-electron chi connectivity index (χ3n) is 3.91. The van der Waals surface area contributed by atoms with E-state index in [4.69, 9.17) is 5.73 Å². The summed E-state index contributed by atoms with van der Waals surface area (Å²) in [6.07, 6.45) is 7.26. The molecule has 1 aromatic heterocycles. The van der Waals surface area contributed by atoms with Crippen LogP contribution in [0.1, 0.15) is 25.7 Å². The Morgan fingerprint density at radius 1 is 1.11 bits per heavy atom. The van der Waals surface area contributed by atoms with Crippen molar-refractivity contribution in [2.45, 2.75) is 37.8 Å². The van der Waals surface area contributed by atoms with Crippen LogP contribution in [0.2, 0.25) is 0 Å². The summed E-state index contributed by atoms with van der Waals surface area (Å²) < 4.78 is 0. The van der Waals surface area contributed by atoms with Crippen molar-refractivity contribution in [3.63, 3.8) is 0 Å². The van der Waals surface area contributed by atoms with E-state index in [1.54, 1.807) is 6.20 Å². The third-order valence-corrected chi connectivity index (χ3v) is 3.91. The van der Waals surface area contributed by atoms with Gasteiger partial charge in [-0.2, -0.15) is 0 Å². The molecule has 1 aliphatic rings. The van der Waals surface area contributed by atoms with Crippen molar-refractivity contribution in [3.05, 3.63) is 30.6 Å². The van der Waals surface area contributed by atoms with Gasteiger partial charge in [0, 0.05) is 40.6 Å². The fraction of sp³-hybridized carbons (Fsp3) is 0.400. The zero-order valence-electron chi connectivity index (χ0n) is 10.8. The number of fused-ring (bicyclic) bond motifs is 1. The van der Waals surface area contributed by atoms with Crippen molar-refractivity contribution in [1.29, 1.82) is 0 Å². The van der Waals surface area contributed by atoms with Gasteiger partial charge in [0.1, 0.15) is 0 Å². The van der Waals surface area contributed by atoms with Crippen LogP contribution in [0.25, 0.3) is 10.8 Å². The summed E-state index contributed by atoms with van der Waals surface area (Å²) in [6, 6.07) is 6.32. The highest BCUT2D eigenvalue weighted by molar-refractivity contribution is 6.00. The average molecular weight is 257 g/mol. The maximum absolute atomic E-state index is 9.55. The number of benzene rings is 1. The molecular formula is C15H19N3O. The number of hydrogen-bond donors (Lipinski definition) is 3. The number of hydrogen-bond acceptors (Lipinski definition) is 4. The minimum atomic E-state index is -0.122. The topological polar surface area (TPSA) is 71.2 Å². The quantitative estimate of drug-likeness (QED) is 0.723. The molecule has 4 heteroatoms. The molecule has 0 atom stereocenters. The number of anilines is 2. The molecule has 19 heavy (non-hydrogen) atoms. The summed E-state index contributed by atoms with van der Waals surface area (Å²) >= 11 is 0. The first-order chi connectivity index (χ1) is 9.24. The van der Waals surface area contributed by atoms with Gasteiger partial charge in [-0.15, -0.1) is 0 Å². The van der Waals surface area contributed by atoms with Gasteiger partial charge in [0.2, 0.25) is 0 Å². The van der Waals surface area contributed by atoms with Crippen LogP contribution in [0.4, 0.5) is 11.4 Å². The van der Waals surface area contributed by atoms with Crippen LogP contribution in [0.15, 0.2) is 30.6 Å². The van der Waals surface area contributed by atoms with E-state index in [1.165, 1.54) is 0 Å². The Bertz CT molecular complexity index is 577. The molecule has 4 N–H and O–H groups in total. The lowest BCUT2D eigenvalue weighted by Crippen LogP contribution is -2.28. The van der Waals surface area contributed by atoms with Crippen LogP contribution in [0.5, 0.6) is 0 Å². The normalized spacial score (nSPS) is 23.4. The summed E-state index contributed by atoms with van der Waals surface area (Å²) in [5, 5.41) is 15.2. The molecule has 1 saturated carbocycles. The Morgan fingerprint density at radius 2 is 1.89 bits per heavy atom. The molecule has 0 saturated heterocycles. The third kappa shape index (κ3) is 2.49. The monoisotopic (exact) mass is 257 g/mol. The summed E-state index contributed by atoms with van der Waals surface area (Å²) in [6.45, 7) is 0. The highest BCUT2D eigenvalue weighted by atomic mass is 16.3. The summed E-state index contributed by atoms with van der Waals surface area (Å²) in [4.78, 5) is 4.18. The number of nitrogens with one attached hydrogen (secondary N) is 1. The van der Waals surface area contributed by atoms with Crippen LogP contribution < -0.4 is 11.1 Å². The van der Waals surface area contributed by atoms with Crippen LogP contribution in [-0.4, -0.2) is 22.2 Å². The molecule has 1 aliphatic carbocycles. The average Bonchev–Trinajstić information content (AvgIpc) is 2.45. The Kier molecular flexibility index (Phi) is 3.25. The van der Waals surface area contributed by atoms with E-state index in [1.807, 2.05) is 24.4 Å². The van der Waals surface area contributed by atoms with Gasteiger partial charge in [0.05, 0.1) is 6.10 Å². The van der Waals surface area contributed by atoms with Crippen molar-refractivity contribution in [1.82, 2.24) is 4.98 Å². The van der Waals surface area contributed by atoms with E-state index in [0.29, 0.717) is 6.04 Å². The van der Waals surface area contributed by atoms with E-state index in [2.05, 4.69) is 10.3 Å². The molecule has 0 aliphatic heterocycles. The predicted molar refractivity (Wildman–Crippen MR) is 78.0 cm³/mol. The molecule has 1 heterocycles. The number of pyridine rings is 1. The van der Waals surface area contributed by atoms with Crippen molar-refractivity contribution in [2.24, 2.45) is 0 Å². The summed E-state index contributed by atoms with van der Waals surface area (Å²) in [7, 11) is 0. The first-order valence-electron chi connectivity index (χ1n) is 6.81. The van der Waals surface area contributed by atoms with Crippen molar-refractivity contribution < 1.29 is 5.11 Å². The van der Waals surface area contributed by atoms with Crippen LogP contribution in [0.3, 0.4) is 0 Å². The SMILES string of the molecule is Nc1ccc(NC2CCC(O)CC2)c2cnccc12. The molecule has 2 aromatic rings. The fourth-order valence-electron chi connectivity index (χ4n) is 2.78. The van der Waals surface area contributed by atoms with Crippen LogP contribution in [0, 0.1) is 0 Å². The first kappa shape index (κ1) is 12.2. The summed E-state index contributed by atoms with van der Waals surface area (Å²) in [5.41, 5.74) is 7.85. The van der Waals surface area contributed by atoms with E-state index >= 15 is 0 Å². The van der Waals surface area contributed by atoms with E-state index in [9.17, 15) is 5.11 Å². The van der Waals surface area contributed by atoms with Crippen LogP contribution >= 0.6 is 0 Å². The van der Waals surface area contributed by atoms with E-state index in [-0.39, 0.29) is 6.10 Å². The lowest BCUT2D eigenvalue weighted by atomic mass is 9.93. The van der Waals surface area contributed by atoms with Crippen LogP contribution in [-0.2, 0) is 0 Å². The molecule has 0 amide bonds. The predicted octanol–water partition coefficient (Wildman–Crippen LogP) is 2.53.